The number of allylic oxidation sites excluding steroid dienone is 2. The first-order valence-corrected chi connectivity index (χ1v) is 10.7. The summed E-state index contributed by atoms with van der Waals surface area (Å²) < 4.78 is 10.2. The molecule has 1 rings (SSSR count). The molecule has 0 radical (unpaired) electrons. The maximum Gasteiger partial charge on any atom is 0.306 e. The molecule has 0 aromatic heterocycles. The maximum absolute atomic E-state index is 11.5. The standard InChI is InChI=1S/C17H24O4.2C3H6.C2H6O2/c1-2-3-13-20-16(18)11-7-8-12-17(19)21-14-15-9-5-4-6-10-15;2*1-3-2;3-1-2-4/h4-6,9-10H,2-3,7-8,11-14H2,1H3;2*3H,1H2,2H3;3-4H,1-2H2. The zero-order valence-electron chi connectivity index (χ0n) is 19.6. The van der Waals surface area contributed by atoms with Crippen molar-refractivity contribution in [1.29, 1.82) is 0 Å². The van der Waals surface area contributed by atoms with Crippen LogP contribution in [0.5, 0.6) is 0 Å². The van der Waals surface area contributed by atoms with Crippen molar-refractivity contribution in [2.24, 2.45) is 0 Å². The van der Waals surface area contributed by atoms with E-state index < -0.39 is 0 Å². The molecule has 0 atom stereocenters. The summed E-state index contributed by atoms with van der Waals surface area (Å²) in [5, 5.41) is 15.2. The Morgan fingerprint density at radius 1 is 0.871 bits per heavy atom. The molecule has 31 heavy (non-hydrogen) atoms. The van der Waals surface area contributed by atoms with Gasteiger partial charge in [-0.25, -0.2) is 0 Å². The second kappa shape index (κ2) is 29.8. The Labute approximate surface area is 188 Å². The number of ether oxygens (including phenoxy) is 2. The van der Waals surface area contributed by atoms with Gasteiger partial charge in [0.05, 0.1) is 19.8 Å². The van der Waals surface area contributed by atoms with Gasteiger partial charge in [0, 0.05) is 12.8 Å². The average Bonchev–Trinajstić information content (AvgIpc) is 2.77. The number of rotatable bonds is 11. The minimum absolute atomic E-state index is 0.125. The maximum atomic E-state index is 11.5. The van der Waals surface area contributed by atoms with Crippen LogP contribution in [0.2, 0.25) is 0 Å². The van der Waals surface area contributed by atoms with Crippen LogP contribution in [0.1, 0.15) is 64.9 Å². The van der Waals surface area contributed by atoms with Gasteiger partial charge in [0.25, 0.3) is 0 Å². The van der Waals surface area contributed by atoms with E-state index in [1.54, 1.807) is 12.2 Å². The van der Waals surface area contributed by atoms with Gasteiger partial charge in [0.2, 0.25) is 0 Å². The molecule has 1 aromatic rings. The fourth-order valence-electron chi connectivity index (χ4n) is 1.75. The van der Waals surface area contributed by atoms with Crippen LogP contribution in [-0.2, 0) is 25.7 Å². The normalized spacial score (nSPS) is 8.68. The average molecular weight is 439 g/mol. The first-order chi connectivity index (χ1) is 15.0. The lowest BCUT2D eigenvalue weighted by Crippen LogP contribution is -2.07. The molecule has 0 fully saturated rings. The Bertz CT molecular complexity index is 520. The van der Waals surface area contributed by atoms with Gasteiger partial charge in [-0.3, -0.25) is 9.59 Å². The Morgan fingerprint density at radius 3 is 1.74 bits per heavy atom. The molecule has 0 bridgehead atoms. The van der Waals surface area contributed by atoms with Crippen LogP contribution in [0.3, 0.4) is 0 Å². The van der Waals surface area contributed by atoms with E-state index in [0.717, 1.165) is 18.4 Å². The quantitative estimate of drug-likeness (QED) is 0.287. The molecule has 1 aromatic carbocycles. The third-order valence-corrected chi connectivity index (χ3v) is 3.12. The van der Waals surface area contributed by atoms with E-state index in [1.807, 2.05) is 44.2 Å². The van der Waals surface area contributed by atoms with Gasteiger partial charge in [-0.2, -0.15) is 0 Å². The van der Waals surface area contributed by atoms with Crippen molar-refractivity contribution in [3.63, 3.8) is 0 Å². The van der Waals surface area contributed by atoms with Crippen LogP contribution in [0.25, 0.3) is 0 Å². The van der Waals surface area contributed by atoms with Gasteiger partial charge in [0.1, 0.15) is 6.61 Å². The summed E-state index contributed by atoms with van der Waals surface area (Å²) in [6.07, 6.45) is 7.44. The van der Waals surface area contributed by atoms with E-state index in [0.29, 0.717) is 38.9 Å². The highest BCUT2D eigenvalue weighted by Crippen LogP contribution is 2.06. The van der Waals surface area contributed by atoms with Crippen LogP contribution in [0.4, 0.5) is 0 Å². The molecule has 178 valence electrons. The van der Waals surface area contributed by atoms with Crippen LogP contribution in [0, 0.1) is 0 Å². The fraction of sp³-hybridized carbons (Fsp3) is 0.520. The van der Waals surface area contributed by atoms with Gasteiger partial charge in [-0.05, 0) is 38.7 Å². The Kier molecular flexibility index (Phi) is 31.9. The van der Waals surface area contributed by atoms with Gasteiger partial charge >= 0.3 is 11.9 Å². The largest absolute Gasteiger partial charge is 0.466 e. The number of unbranched alkanes of at least 4 members (excludes halogenated alkanes) is 2. The summed E-state index contributed by atoms with van der Waals surface area (Å²) in [7, 11) is 0. The summed E-state index contributed by atoms with van der Waals surface area (Å²) in [4.78, 5) is 22.9. The first kappa shape index (κ1) is 33.2. The lowest BCUT2D eigenvalue weighted by molar-refractivity contribution is -0.146. The van der Waals surface area contributed by atoms with Gasteiger partial charge in [0.15, 0.2) is 0 Å². The first-order valence-electron chi connectivity index (χ1n) is 10.7. The highest BCUT2D eigenvalue weighted by Gasteiger charge is 2.06. The topological polar surface area (TPSA) is 93.1 Å². The summed E-state index contributed by atoms with van der Waals surface area (Å²) in [5.41, 5.74) is 0.977. The molecule has 0 unspecified atom stereocenters. The highest BCUT2D eigenvalue weighted by molar-refractivity contribution is 5.70. The van der Waals surface area contributed by atoms with E-state index >= 15 is 0 Å². The van der Waals surface area contributed by atoms with E-state index in [1.165, 1.54) is 0 Å². The molecule has 0 aliphatic carbocycles. The Morgan fingerprint density at radius 2 is 1.32 bits per heavy atom. The van der Waals surface area contributed by atoms with Gasteiger partial charge in [-0.15, -0.1) is 13.2 Å². The molecule has 0 heterocycles. The summed E-state index contributed by atoms with van der Waals surface area (Å²) in [6, 6.07) is 9.57. The van der Waals surface area contributed by atoms with Gasteiger partial charge in [-0.1, -0.05) is 55.8 Å². The van der Waals surface area contributed by atoms with Crippen LogP contribution in [-0.4, -0.2) is 42.0 Å². The second-order valence-corrected chi connectivity index (χ2v) is 6.19. The number of benzene rings is 1. The third kappa shape index (κ3) is 32.4. The third-order valence-electron chi connectivity index (χ3n) is 3.12. The zero-order chi connectivity index (χ0) is 24.2. The molecule has 2 N–H and O–H groups in total. The minimum atomic E-state index is -0.224. The van der Waals surface area contributed by atoms with Crippen molar-refractivity contribution in [2.75, 3.05) is 19.8 Å². The molecule has 6 nitrogen and oxygen atoms in total. The predicted octanol–water partition coefficient (Wildman–Crippen LogP) is 4.99. The smallest absolute Gasteiger partial charge is 0.306 e. The molecule has 0 saturated carbocycles. The molecule has 0 spiro atoms. The molecule has 0 amide bonds. The molecule has 0 saturated heterocycles. The minimum Gasteiger partial charge on any atom is -0.466 e. The van der Waals surface area contributed by atoms with Gasteiger partial charge < -0.3 is 19.7 Å². The van der Waals surface area contributed by atoms with Crippen molar-refractivity contribution in [1.82, 2.24) is 0 Å². The predicted molar refractivity (Wildman–Crippen MR) is 126 cm³/mol. The fourth-order valence-corrected chi connectivity index (χ4v) is 1.75. The Balaban J connectivity index is -0.000000659. The van der Waals surface area contributed by atoms with Crippen molar-refractivity contribution in [3.05, 3.63) is 61.2 Å². The van der Waals surface area contributed by atoms with Crippen molar-refractivity contribution < 1.29 is 29.3 Å². The van der Waals surface area contributed by atoms with Crippen molar-refractivity contribution in [2.45, 2.75) is 65.9 Å². The molecule has 0 aliphatic heterocycles. The van der Waals surface area contributed by atoms with Crippen LogP contribution < -0.4 is 0 Å². The number of esters is 2. The number of aliphatic hydroxyl groups is 2. The molecular formula is C25H42O6. The van der Waals surface area contributed by atoms with E-state index in [-0.39, 0.29) is 25.2 Å². The monoisotopic (exact) mass is 438 g/mol. The number of carbonyl (C=O) groups excluding carboxylic acids is 2. The summed E-state index contributed by atoms with van der Waals surface area (Å²) >= 11 is 0. The molecule has 0 aliphatic rings. The van der Waals surface area contributed by atoms with Crippen molar-refractivity contribution >= 4 is 11.9 Å². The SMILES string of the molecule is C=CC.C=CC.CCCCOC(=O)CCCCC(=O)OCc1ccccc1.OCCO. The van der Waals surface area contributed by atoms with Crippen LogP contribution >= 0.6 is 0 Å². The number of aliphatic hydroxyl groups excluding tert-OH is 2. The van der Waals surface area contributed by atoms with Crippen molar-refractivity contribution in [3.8, 4) is 0 Å². The molecule has 6 heteroatoms. The second-order valence-electron chi connectivity index (χ2n) is 6.19. The van der Waals surface area contributed by atoms with E-state index in [4.69, 9.17) is 19.7 Å². The lowest BCUT2D eigenvalue weighted by atomic mass is 10.2. The number of hydrogen-bond donors (Lipinski definition) is 2. The number of carbonyl (C=O) groups is 2. The Hall–Kier alpha value is -2.44. The van der Waals surface area contributed by atoms with E-state index in [9.17, 15) is 9.59 Å². The highest BCUT2D eigenvalue weighted by atomic mass is 16.5. The van der Waals surface area contributed by atoms with E-state index in [2.05, 4.69) is 20.1 Å². The zero-order valence-corrected chi connectivity index (χ0v) is 19.6. The van der Waals surface area contributed by atoms with Crippen LogP contribution in [0.15, 0.2) is 55.6 Å². The summed E-state index contributed by atoms with van der Waals surface area (Å²) in [6.45, 7) is 13.1. The summed E-state index contributed by atoms with van der Waals surface area (Å²) in [5.74, 6) is -0.403. The lowest BCUT2D eigenvalue weighted by Gasteiger charge is -2.05. The molecular weight excluding hydrogens is 396 g/mol. The number of hydrogen-bond acceptors (Lipinski definition) is 6.